The van der Waals surface area contributed by atoms with Gasteiger partial charge in [0.2, 0.25) is 5.91 Å². The largest absolute Gasteiger partial charge is 0.309 e. The molecule has 0 saturated heterocycles. The summed E-state index contributed by atoms with van der Waals surface area (Å²) in [6, 6.07) is 12.7. The van der Waals surface area contributed by atoms with Gasteiger partial charge in [-0.3, -0.25) is 9.69 Å². The molecule has 4 nitrogen and oxygen atoms in total. The quantitative estimate of drug-likeness (QED) is 0.348. The Balaban J connectivity index is 0.00000341. The van der Waals surface area contributed by atoms with E-state index >= 15 is 0 Å². The maximum absolute atomic E-state index is 13.2. The topological polar surface area (TPSA) is 36.4 Å². The lowest BCUT2D eigenvalue weighted by atomic mass is 10.1. The molecule has 0 N–H and O–H groups in total. The van der Waals surface area contributed by atoms with Gasteiger partial charge in [0.05, 0.1) is 10.2 Å². The first-order chi connectivity index (χ1) is 14.3. The molecule has 3 aromatic rings. The van der Waals surface area contributed by atoms with Crippen molar-refractivity contribution in [2.24, 2.45) is 0 Å². The van der Waals surface area contributed by atoms with Gasteiger partial charge in [0.15, 0.2) is 5.13 Å². The minimum atomic E-state index is 0. The smallest absolute Gasteiger partial charge is 0.229 e. The molecule has 0 atom stereocenters. The van der Waals surface area contributed by atoms with Crippen LogP contribution in [0.5, 0.6) is 0 Å². The third-order valence-electron chi connectivity index (χ3n) is 5.20. The van der Waals surface area contributed by atoms with Crippen molar-refractivity contribution in [1.29, 1.82) is 0 Å². The average molecular weight is 478 g/mol. The first kappa shape index (κ1) is 25.7. The molecule has 1 aromatic heterocycles. The second-order valence-electron chi connectivity index (χ2n) is 7.96. The molecule has 0 saturated carbocycles. The van der Waals surface area contributed by atoms with Crippen molar-refractivity contribution in [3.63, 3.8) is 0 Å². The van der Waals surface area contributed by atoms with Crippen LogP contribution < -0.4 is 4.90 Å². The first-order valence-corrected chi connectivity index (χ1v) is 12.2. The highest BCUT2D eigenvalue weighted by Crippen LogP contribution is 2.32. The van der Waals surface area contributed by atoms with E-state index in [9.17, 15) is 4.79 Å². The van der Waals surface area contributed by atoms with Gasteiger partial charge in [0.1, 0.15) is 0 Å². The van der Waals surface area contributed by atoms with E-state index < -0.39 is 0 Å². The fraction of sp³-hybridized carbons (Fsp3) is 0.417. The maximum atomic E-state index is 13.2. The number of carbonyl (C=O) groups is 1. The van der Waals surface area contributed by atoms with Gasteiger partial charge in [-0.15, -0.1) is 24.2 Å². The number of amides is 1. The number of rotatable bonds is 9. The predicted molar refractivity (Wildman–Crippen MR) is 138 cm³/mol. The highest BCUT2D eigenvalue weighted by atomic mass is 35.5. The van der Waals surface area contributed by atoms with Gasteiger partial charge in [0.25, 0.3) is 0 Å². The van der Waals surface area contributed by atoms with Gasteiger partial charge in [0, 0.05) is 23.6 Å². The summed E-state index contributed by atoms with van der Waals surface area (Å²) in [6.07, 6.45) is 1.44. The molecule has 0 radical (unpaired) electrons. The van der Waals surface area contributed by atoms with Crippen molar-refractivity contribution in [3.8, 4) is 0 Å². The fourth-order valence-electron chi connectivity index (χ4n) is 3.23. The minimum Gasteiger partial charge on any atom is -0.309 e. The summed E-state index contributed by atoms with van der Waals surface area (Å²) in [5.41, 5.74) is 4.71. The molecular weight excluding hydrogens is 446 g/mol. The number of anilines is 1. The number of benzene rings is 2. The number of fused-ring (bicyclic) bond motifs is 1. The molecule has 3 rings (SSSR count). The standard InChI is InChI=1S/C24H31N3OS2.ClH/c1-17-7-10-20(11-8-17)29-16-13-22(28)27(15-6-14-26(4)5)24-25-23-19(3)18(2)9-12-21(23)30-24;/h7-12H,6,13-16H2,1-5H3;1H. The molecule has 1 heterocycles. The Hall–Kier alpha value is -1.60. The van der Waals surface area contributed by atoms with E-state index in [1.807, 2.05) is 4.90 Å². The lowest BCUT2D eigenvalue weighted by Crippen LogP contribution is -2.33. The molecule has 0 aliphatic heterocycles. The average Bonchev–Trinajstić information content (AvgIpc) is 3.14. The Morgan fingerprint density at radius 1 is 1.03 bits per heavy atom. The van der Waals surface area contributed by atoms with E-state index in [0.29, 0.717) is 13.0 Å². The summed E-state index contributed by atoms with van der Waals surface area (Å²) in [6.45, 7) is 7.95. The van der Waals surface area contributed by atoms with Gasteiger partial charge in [-0.2, -0.15) is 0 Å². The van der Waals surface area contributed by atoms with Crippen molar-refractivity contribution in [2.75, 3.05) is 37.8 Å². The number of aryl methyl sites for hydroxylation is 3. The second-order valence-corrected chi connectivity index (χ2v) is 10.1. The molecule has 0 fully saturated rings. The Kier molecular flexibility index (Phi) is 9.82. The van der Waals surface area contributed by atoms with Gasteiger partial charge in [-0.05, 0) is 77.2 Å². The molecule has 0 aliphatic carbocycles. The molecule has 0 aliphatic rings. The number of thiazole rings is 1. The number of thioether (sulfide) groups is 1. The van der Waals surface area contributed by atoms with Crippen LogP contribution in [0, 0.1) is 20.8 Å². The monoisotopic (exact) mass is 477 g/mol. The number of hydrogen-bond donors (Lipinski definition) is 0. The van der Waals surface area contributed by atoms with Crippen molar-refractivity contribution in [2.45, 2.75) is 38.5 Å². The van der Waals surface area contributed by atoms with Crippen LogP contribution in [-0.2, 0) is 4.79 Å². The molecule has 0 unspecified atom stereocenters. The number of hydrogen-bond acceptors (Lipinski definition) is 5. The third kappa shape index (κ3) is 6.94. The zero-order chi connectivity index (χ0) is 21.7. The van der Waals surface area contributed by atoms with E-state index in [1.165, 1.54) is 21.6 Å². The molecular formula is C24H32ClN3OS2. The van der Waals surface area contributed by atoms with Gasteiger partial charge >= 0.3 is 0 Å². The second kappa shape index (κ2) is 11.9. The summed E-state index contributed by atoms with van der Waals surface area (Å²) in [5, 5.41) is 0.822. The summed E-state index contributed by atoms with van der Waals surface area (Å²) < 4.78 is 1.15. The number of nitrogens with zero attached hydrogens (tertiary/aromatic N) is 3. The molecule has 168 valence electrons. The molecule has 0 bridgehead atoms. The van der Waals surface area contributed by atoms with Crippen LogP contribution in [0.1, 0.15) is 29.5 Å². The molecule has 1 amide bonds. The highest BCUT2D eigenvalue weighted by Gasteiger charge is 2.20. The van der Waals surface area contributed by atoms with Crippen LogP contribution in [0.4, 0.5) is 5.13 Å². The molecule has 2 aromatic carbocycles. The number of aromatic nitrogens is 1. The van der Waals surface area contributed by atoms with E-state index in [0.717, 1.165) is 34.1 Å². The lowest BCUT2D eigenvalue weighted by Gasteiger charge is -2.21. The van der Waals surface area contributed by atoms with Crippen LogP contribution in [0.2, 0.25) is 0 Å². The molecule has 7 heteroatoms. The number of carbonyl (C=O) groups excluding carboxylic acids is 1. The summed E-state index contributed by atoms with van der Waals surface area (Å²) in [5.74, 6) is 0.927. The van der Waals surface area contributed by atoms with E-state index in [2.05, 4.69) is 76.2 Å². The molecule has 31 heavy (non-hydrogen) atoms. The van der Waals surface area contributed by atoms with E-state index in [-0.39, 0.29) is 18.3 Å². The Labute approximate surface area is 200 Å². The molecule has 0 spiro atoms. The Bertz CT molecular complexity index is 1000. The Morgan fingerprint density at radius 3 is 2.42 bits per heavy atom. The third-order valence-corrected chi connectivity index (χ3v) is 7.26. The normalized spacial score (nSPS) is 11.0. The van der Waals surface area contributed by atoms with Crippen LogP contribution in [-0.4, -0.2) is 48.7 Å². The van der Waals surface area contributed by atoms with Crippen LogP contribution in [0.25, 0.3) is 10.2 Å². The van der Waals surface area contributed by atoms with Gasteiger partial charge in [-0.25, -0.2) is 4.98 Å². The zero-order valence-corrected chi connectivity index (χ0v) is 21.4. The minimum absolute atomic E-state index is 0. The van der Waals surface area contributed by atoms with Crippen molar-refractivity contribution in [1.82, 2.24) is 9.88 Å². The van der Waals surface area contributed by atoms with Crippen LogP contribution in [0.15, 0.2) is 41.3 Å². The Morgan fingerprint density at radius 2 is 1.74 bits per heavy atom. The van der Waals surface area contributed by atoms with Gasteiger partial charge < -0.3 is 4.90 Å². The summed E-state index contributed by atoms with van der Waals surface area (Å²) in [7, 11) is 4.13. The van der Waals surface area contributed by atoms with Crippen molar-refractivity contribution < 1.29 is 4.79 Å². The van der Waals surface area contributed by atoms with Crippen LogP contribution in [0.3, 0.4) is 0 Å². The van der Waals surface area contributed by atoms with E-state index in [4.69, 9.17) is 4.98 Å². The summed E-state index contributed by atoms with van der Waals surface area (Å²) >= 11 is 3.36. The maximum Gasteiger partial charge on any atom is 0.229 e. The predicted octanol–water partition coefficient (Wildman–Crippen LogP) is 6.11. The van der Waals surface area contributed by atoms with Gasteiger partial charge in [-0.1, -0.05) is 35.1 Å². The highest BCUT2D eigenvalue weighted by molar-refractivity contribution is 7.99. The zero-order valence-electron chi connectivity index (χ0n) is 19.0. The lowest BCUT2D eigenvalue weighted by molar-refractivity contribution is -0.118. The summed E-state index contributed by atoms with van der Waals surface area (Å²) in [4.78, 5) is 23.3. The van der Waals surface area contributed by atoms with Crippen molar-refractivity contribution >= 4 is 56.8 Å². The first-order valence-electron chi connectivity index (χ1n) is 10.4. The number of halogens is 1. The fourth-order valence-corrected chi connectivity index (χ4v) is 5.14. The van der Waals surface area contributed by atoms with E-state index in [1.54, 1.807) is 23.1 Å². The van der Waals surface area contributed by atoms with Crippen molar-refractivity contribution in [3.05, 3.63) is 53.1 Å². The SMILES string of the molecule is Cc1ccc(SCCC(=O)N(CCCN(C)C)c2nc3c(C)c(C)ccc3s2)cc1.Cl. The van der Waals surface area contributed by atoms with Crippen LogP contribution >= 0.6 is 35.5 Å².